The van der Waals surface area contributed by atoms with Crippen LogP contribution in [-0.2, 0) is 9.59 Å². The van der Waals surface area contributed by atoms with Crippen LogP contribution in [0.5, 0.6) is 0 Å². The van der Waals surface area contributed by atoms with Gasteiger partial charge < -0.3 is 10.6 Å². The zero-order valence-electron chi connectivity index (χ0n) is 6.92. The summed E-state index contributed by atoms with van der Waals surface area (Å²) in [5, 5.41) is 0. The summed E-state index contributed by atoms with van der Waals surface area (Å²) >= 11 is 0. The number of likely N-dealkylation sites (N-methyl/N-ethyl adjacent to an activating group) is 1. The van der Waals surface area contributed by atoms with Gasteiger partial charge >= 0.3 is 0 Å². The highest BCUT2D eigenvalue weighted by atomic mass is 16.2. The second-order valence-corrected chi connectivity index (χ2v) is 2.43. The molecule has 2 amide bonds. The van der Waals surface area contributed by atoms with Crippen molar-refractivity contribution in [3.63, 3.8) is 0 Å². The quantitative estimate of drug-likeness (QED) is 0.548. The molecule has 0 aromatic heterocycles. The number of rotatable bonds is 2. The van der Waals surface area contributed by atoms with Gasteiger partial charge in [-0.25, -0.2) is 0 Å². The number of carbonyl (C=O) groups excluding carboxylic acids is 2. The molecule has 0 unspecified atom stereocenters. The van der Waals surface area contributed by atoms with Gasteiger partial charge in [-0.1, -0.05) is 0 Å². The summed E-state index contributed by atoms with van der Waals surface area (Å²) in [4.78, 5) is 22.7. The van der Waals surface area contributed by atoms with Crippen molar-refractivity contribution < 1.29 is 9.59 Å². The Hall–Kier alpha value is -1.32. The van der Waals surface area contributed by atoms with E-state index in [1.54, 1.807) is 21.0 Å². The van der Waals surface area contributed by atoms with Gasteiger partial charge in [-0.3, -0.25) is 9.59 Å². The minimum Gasteiger partial charge on any atom is -0.366 e. The zero-order chi connectivity index (χ0) is 9.02. The number of amides is 2. The lowest BCUT2D eigenvalue weighted by Gasteiger charge is -2.09. The van der Waals surface area contributed by atoms with E-state index in [2.05, 4.69) is 0 Å². The molecule has 2 N–H and O–H groups in total. The average molecular weight is 156 g/mol. The van der Waals surface area contributed by atoms with Crippen molar-refractivity contribution in [1.29, 1.82) is 0 Å². The molecule has 0 aliphatic rings. The van der Waals surface area contributed by atoms with E-state index in [0.717, 1.165) is 6.08 Å². The number of nitrogens with zero attached hydrogens (tertiary/aromatic N) is 1. The van der Waals surface area contributed by atoms with E-state index in [1.165, 1.54) is 4.90 Å². The summed E-state index contributed by atoms with van der Waals surface area (Å²) in [6, 6.07) is 0. The Bertz CT molecular complexity index is 206. The van der Waals surface area contributed by atoms with Crippen molar-refractivity contribution >= 4 is 11.8 Å². The molecule has 0 radical (unpaired) electrons. The van der Waals surface area contributed by atoms with Gasteiger partial charge in [0.15, 0.2) is 0 Å². The number of nitrogens with two attached hydrogens (primary N) is 1. The third-order valence-corrected chi connectivity index (χ3v) is 1.10. The van der Waals surface area contributed by atoms with Crippen LogP contribution < -0.4 is 5.73 Å². The van der Waals surface area contributed by atoms with Crippen molar-refractivity contribution in [3.05, 3.63) is 11.6 Å². The maximum Gasteiger partial charge on any atom is 0.249 e. The SMILES string of the molecule is CC(=CC(N)=O)C(=O)N(C)C. The molecule has 0 aliphatic carbocycles. The lowest BCUT2D eigenvalue weighted by molar-refractivity contribution is -0.125. The van der Waals surface area contributed by atoms with Gasteiger partial charge in [-0.2, -0.15) is 0 Å². The normalized spacial score (nSPS) is 11.0. The molecule has 0 saturated heterocycles. The predicted octanol–water partition coefficient (Wildman–Crippen LogP) is -0.494. The van der Waals surface area contributed by atoms with Gasteiger partial charge in [0.1, 0.15) is 0 Å². The molecule has 0 fully saturated rings. The highest BCUT2D eigenvalue weighted by Crippen LogP contribution is 1.95. The first-order valence-electron chi connectivity index (χ1n) is 3.14. The Labute approximate surface area is 65.7 Å². The van der Waals surface area contributed by atoms with Crippen LogP contribution in [0.4, 0.5) is 0 Å². The van der Waals surface area contributed by atoms with E-state index in [9.17, 15) is 9.59 Å². The van der Waals surface area contributed by atoms with Crippen LogP contribution in [0, 0.1) is 0 Å². The maximum absolute atomic E-state index is 11.0. The first-order chi connectivity index (χ1) is 4.95. The largest absolute Gasteiger partial charge is 0.366 e. The van der Waals surface area contributed by atoms with Gasteiger partial charge in [0.05, 0.1) is 0 Å². The summed E-state index contributed by atoms with van der Waals surface area (Å²) < 4.78 is 0. The summed E-state index contributed by atoms with van der Waals surface area (Å²) in [5.74, 6) is -0.804. The van der Waals surface area contributed by atoms with E-state index in [4.69, 9.17) is 5.73 Å². The molecule has 0 rings (SSSR count). The van der Waals surface area contributed by atoms with Crippen molar-refractivity contribution in [2.75, 3.05) is 14.1 Å². The number of primary amides is 1. The minimum absolute atomic E-state index is 0.205. The van der Waals surface area contributed by atoms with Crippen LogP contribution in [0.1, 0.15) is 6.92 Å². The molecule has 0 bridgehead atoms. The van der Waals surface area contributed by atoms with Crippen molar-refractivity contribution in [2.45, 2.75) is 6.92 Å². The fourth-order valence-electron chi connectivity index (χ4n) is 0.628. The van der Waals surface area contributed by atoms with Crippen LogP contribution in [0.25, 0.3) is 0 Å². The number of carbonyl (C=O) groups is 2. The van der Waals surface area contributed by atoms with Crippen LogP contribution >= 0.6 is 0 Å². The smallest absolute Gasteiger partial charge is 0.249 e. The molecule has 0 saturated carbocycles. The molecule has 4 heteroatoms. The summed E-state index contributed by atoms with van der Waals surface area (Å²) in [6.07, 6.45) is 1.11. The Morgan fingerprint density at radius 3 is 2.09 bits per heavy atom. The molecule has 0 aliphatic heterocycles. The third kappa shape index (κ3) is 3.40. The molecule has 0 aromatic rings. The van der Waals surface area contributed by atoms with Crippen LogP contribution in [-0.4, -0.2) is 30.8 Å². The molecule has 62 valence electrons. The molecule has 11 heavy (non-hydrogen) atoms. The Kier molecular flexibility index (Phi) is 3.30. The molecular weight excluding hydrogens is 144 g/mol. The molecule has 0 heterocycles. The molecule has 4 nitrogen and oxygen atoms in total. The Morgan fingerprint density at radius 2 is 1.82 bits per heavy atom. The van der Waals surface area contributed by atoms with E-state index >= 15 is 0 Å². The average Bonchev–Trinajstić information content (AvgIpc) is 1.84. The second kappa shape index (κ2) is 3.75. The second-order valence-electron chi connectivity index (χ2n) is 2.43. The first kappa shape index (κ1) is 9.68. The molecule has 0 atom stereocenters. The topological polar surface area (TPSA) is 63.4 Å². The lowest BCUT2D eigenvalue weighted by Crippen LogP contribution is -2.23. The Balaban J connectivity index is 4.36. The van der Waals surface area contributed by atoms with Gasteiger partial charge in [0.2, 0.25) is 11.8 Å². The molecule has 0 aromatic carbocycles. The van der Waals surface area contributed by atoms with Gasteiger partial charge in [0, 0.05) is 25.7 Å². The van der Waals surface area contributed by atoms with Crippen LogP contribution in [0.2, 0.25) is 0 Å². The van der Waals surface area contributed by atoms with Crippen LogP contribution in [0.15, 0.2) is 11.6 Å². The van der Waals surface area contributed by atoms with Gasteiger partial charge in [0.25, 0.3) is 0 Å². The van der Waals surface area contributed by atoms with Crippen molar-refractivity contribution in [2.24, 2.45) is 5.73 Å². The first-order valence-corrected chi connectivity index (χ1v) is 3.14. The zero-order valence-corrected chi connectivity index (χ0v) is 6.92. The predicted molar refractivity (Wildman–Crippen MR) is 41.6 cm³/mol. The third-order valence-electron chi connectivity index (χ3n) is 1.10. The lowest BCUT2D eigenvalue weighted by atomic mass is 10.2. The fraction of sp³-hybridized carbons (Fsp3) is 0.429. The van der Waals surface area contributed by atoms with E-state index in [-0.39, 0.29) is 5.91 Å². The van der Waals surface area contributed by atoms with E-state index < -0.39 is 5.91 Å². The highest BCUT2D eigenvalue weighted by Gasteiger charge is 2.06. The number of hydrogen-bond donors (Lipinski definition) is 1. The van der Waals surface area contributed by atoms with E-state index in [1.807, 2.05) is 0 Å². The summed E-state index contributed by atoms with van der Waals surface area (Å²) in [7, 11) is 3.22. The summed E-state index contributed by atoms with van der Waals surface area (Å²) in [6.45, 7) is 1.55. The molecule has 0 spiro atoms. The standard InChI is InChI=1S/C7H12N2O2/c1-5(4-6(8)10)7(11)9(2)3/h4H,1-3H3,(H2,8,10). The van der Waals surface area contributed by atoms with Crippen molar-refractivity contribution in [1.82, 2.24) is 4.90 Å². The van der Waals surface area contributed by atoms with E-state index in [0.29, 0.717) is 5.57 Å². The minimum atomic E-state index is -0.599. The highest BCUT2D eigenvalue weighted by molar-refractivity contribution is 5.99. The molecular formula is C7H12N2O2. The van der Waals surface area contributed by atoms with Crippen molar-refractivity contribution in [3.8, 4) is 0 Å². The maximum atomic E-state index is 11.0. The Morgan fingerprint density at radius 1 is 1.36 bits per heavy atom. The fourth-order valence-corrected chi connectivity index (χ4v) is 0.628. The number of hydrogen-bond acceptors (Lipinski definition) is 2. The van der Waals surface area contributed by atoms with Gasteiger partial charge in [-0.05, 0) is 6.92 Å². The monoisotopic (exact) mass is 156 g/mol. The summed E-state index contributed by atoms with van der Waals surface area (Å²) in [5.41, 5.74) is 5.19. The van der Waals surface area contributed by atoms with Crippen LogP contribution in [0.3, 0.4) is 0 Å². The van der Waals surface area contributed by atoms with Gasteiger partial charge in [-0.15, -0.1) is 0 Å².